The first kappa shape index (κ1) is 19.1. The van der Waals surface area contributed by atoms with Crippen molar-refractivity contribution in [2.24, 2.45) is 5.73 Å². The second-order valence-electron chi connectivity index (χ2n) is 6.29. The second-order valence-corrected chi connectivity index (χ2v) is 6.29. The summed E-state index contributed by atoms with van der Waals surface area (Å²) in [6.45, 7) is 0.447. The van der Waals surface area contributed by atoms with E-state index in [4.69, 9.17) is 10.5 Å². The Morgan fingerprint density at radius 3 is 2.39 bits per heavy atom. The minimum absolute atomic E-state index is 0.273. The minimum Gasteiger partial charge on any atom is -0.489 e. The summed E-state index contributed by atoms with van der Waals surface area (Å²) in [4.78, 5) is 28.0. The average molecular weight is 375 g/mol. The molecule has 3 N–H and O–H groups in total. The van der Waals surface area contributed by atoms with Gasteiger partial charge in [-0.05, 0) is 35.4 Å². The lowest BCUT2D eigenvalue weighted by molar-refractivity contribution is -0.119. The molecule has 0 radical (unpaired) electrons. The van der Waals surface area contributed by atoms with Crippen molar-refractivity contribution in [3.63, 3.8) is 0 Å². The van der Waals surface area contributed by atoms with Crippen molar-refractivity contribution in [1.29, 1.82) is 0 Å². The monoisotopic (exact) mass is 375 g/mol. The molecular weight excluding hydrogens is 354 g/mol. The number of aromatic nitrogens is 1. The van der Waals surface area contributed by atoms with Gasteiger partial charge in [0, 0.05) is 24.4 Å². The van der Waals surface area contributed by atoms with Crippen LogP contribution >= 0.6 is 0 Å². The van der Waals surface area contributed by atoms with E-state index in [1.165, 1.54) is 12.4 Å². The van der Waals surface area contributed by atoms with Crippen LogP contribution in [0.4, 0.5) is 0 Å². The van der Waals surface area contributed by atoms with Crippen LogP contribution < -0.4 is 15.8 Å². The summed E-state index contributed by atoms with van der Waals surface area (Å²) in [5.74, 6) is -0.286. The fourth-order valence-corrected chi connectivity index (χ4v) is 2.71. The number of carbonyl (C=O) groups excluding carboxylic acids is 2. The summed E-state index contributed by atoms with van der Waals surface area (Å²) in [7, 11) is 0. The van der Waals surface area contributed by atoms with E-state index in [1.54, 1.807) is 12.1 Å². The zero-order chi connectivity index (χ0) is 19.8. The van der Waals surface area contributed by atoms with Crippen LogP contribution in [0.1, 0.15) is 21.5 Å². The second kappa shape index (κ2) is 9.32. The molecule has 6 heteroatoms. The molecule has 142 valence electrons. The van der Waals surface area contributed by atoms with E-state index < -0.39 is 11.9 Å². The lowest BCUT2D eigenvalue weighted by Gasteiger charge is -2.16. The van der Waals surface area contributed by atoms with E-state index in [0.717, 1.165) is 11.1 Å². The Morgan fingerprint density at radius 2 is 1.68 bits per heavy atom. The standard InChI is InChI=1S/C22H21N3O3/c23-21(26)20(25-22(27)18-9-11-24-12-10-18)14-17-7-4-8-19(13-17)28-15-16-5-2-1-3-6-16/h1-13,20H,14-15H2,(H2,23,26)(H,25,27)/t20-/m0/s1. The highest BCUT2D eigenvalue weighted by Crippen LogP contribution is 2.16. The van der Waals surface area contributed by atoms with Gasteiger partial charge >= 0.3 is 0 Å². The van der Waals surface area contributed by atoms with Gasteiger partial charge < -0.3 is 15.8 Å². The van der Waals surface area contributed by atoms with Gasteiger partial charge in [0.25, 0.3) is 5.91 Å². The molecule has 0 aliphatic heterocycles. The van der Waals surface area contributed by atoms with Gasteiger partial charge in [-0.3, -0.25) is 14.6 Å². The van der Waals surface area contributed by atoms with Gasteiger partial charge in [-0.2, -0.15) is 0 Å². The third kappa shape index (κ3) is 5.41. The first-order valence-electron chi connectivity index (χ1n) is 8.87. The Kier molecular flexibility index (Phi) is 6.36. The summed E-state index contributed by atoms with van der Waals surface area (Å²) in [6.07, 6.45) is 3.30. The number of amides is 2. The number of hydrogen-bond donors (Lipinski definition) is 2. The number of carbonyl (C=O) groups is 2. The lowest BCUT2D eigenvalue weighted by atomic mass is 10.0. The molecule has 6 nitrogen and oxygen atoms in total. The molecule has 0 fully saturated rings. The highest BCUT2D eigenvalue weighted by atomic mass is 16.5. The van der Waals surface area contributed by atoms with Crippen LogP contribution in [-0.4, -0.2) is 22.8 Å². The molecule has 1 heterocycles. The topological polar surface area (TPSA) is 94.3 Å². The predicted molar refractivity (Wildman–Crippen MR) is 106 cm³/mol. The van der Waals surface area contributed by atoms with Crippen LogP contribution in [0, 0.1) is 0 Å². The Hall–Kier alpha value is -3.67. The molecule has 28 heavy (non-hydrogen) atoms. The first-order chi connectivity index (χ1) is 13.6. The number of benzene rings is 2. The maximum absolute atomic E-state index is 12.3. The Morgan fingerprint density at radius 1 is 0.964 bits per heavy atom. The van der Waals surface area contributed by atoms with Crippen molar-refractivity contribution in [1.82, 2.24) is 10.3 Å². The highest BCUT2D eigenvalue weighted by molar-refractivity contribution is 5.97. The van der Waals surface area contributed by atoms with Crippen molar-refractivity contribution >= 4 is 11.8 Å². The van der Waals surface area contributed by atoms with Gasteiger partial charge in [0.15, 0.2) is 0 Å². The smallest absolute Gasteiger partial charge is 0.252 e. The van der Waals surface area contributed by atoms with Crippen LogP contribution in [0.5, 0.6) is 5.75 Å². The Bertz CT molecular complexity index is 930. The summed E-state index contributed by atoms with van der Waals surface area (Å²) >= 11 is 0. The fraction of sp³-hybridized carbons (Fsp3) is 0.136. The van der Waals surface area contributed by atoms with Gasteiger partial charge in [-0.15, -0.1) is 0 Å². The summed E-state index contributed by atoms with van der Waals surface area (Å²) in [5.41, 5.74) is 7.80. The third-order valence-electron chi connectivity index (χ3n) is 4.18. The molecular formula is C22H21N3O3. The highest BCUT2D eigenvalue weighted by Gasteiger charge is 2.19. The normalized spacial score (nSPS) is 11.4. The van der Waals surface area contributed by atoms with Crippen molar-refractivity contribution in [2.45, 2.75) is 19.1 Å². The number of rotatable bonds is 8. The maximum atomic E-state index is 12.3. The fourth-order valence-electron chi connectivity index (χ4n) is 2.71. The SMILES string of the molecule is NC(=O)[C@H](Cc1cccc(OCc2ccccc2)c1)NC(=O)c1ccncc1. The van der Waals surface area contributed by atoms with E-state index in [0.29, 0.717) is 17.9 Å². The molecule has 0 unspecified atom stereocenters. The summed E-state index contributed by atoms with van der Waals surface area (Å²) < 4.78 is 5.81. The molecule has 1 aromatic heterocycles. The van der Waals surface area contributed by atoms with Gasteiger partial charge in [-0.1, -0.05) is 42.5 Å². The molecule has 2 amide bonds. The lowest BCUT2D eigenvalue weighted by Crippen LogP contribution is -2.45. The molecule has 2 aromatic carbocycles. The minimum atomic E-state index is -0.829. The van der Waals surface area contributed by atoms with E-state index in [2.05, 4.69) is 10.3 Å². The summed E-state index contributed by atoms with van der Waals surface area (Å²) in [6, 6.07) is 19.6. The van der Waals surface area contributed by atoms with E-state index in [1.807, 2.05) is 54.6 Å². The predicted octanol–water partition coefficient (Wildman–Crippen LogP) is 2.49. The number of nitrogens with one attached hydrogen (secondary N) is 1. The third-order valence-corrected chi connectivity index (χ3v) is 4.18. The van der Waals surface area contributed by atoms with Gasteiger partial charge in [0.05, 0.1) is 0 Å². The molecule has 1 atom stereocenters. The van der Waals surface area contributed by atoms with Crippen LogP contribution in [0.2, 0.25) is 0 Å². The molecule has 3 aromatic rings. The maximum Gasteiger partial charge on any atom is 0.252 e. The molecule has 0 aliphatic carbocycles. The average Bonchev–Trinajstić information content (AvgIpc) is 2.73. The Balaban J connectivity index is 1.64. The molecule has 0 saturated heterocycles. The summed E-state index contributed by atoms with van der Waals surface area (Å²) in [5, 5.41) is 2.68. The Labute approximate surface area is 163 Å². The molecule has 0 bridgehead atoms. The molecule has 0 aliphatic rings. The van der Waals surface area contributed by atoms with Crippen LogP contribution in [-0.2, 0) is 17.8 Å². The number of nitrogens with zero attached hydrogens (tertiary/aromatic N) is 1. The van der Waals surface area contributed by atoms with Crippen molar-refractivity contribution < 1.29 is 14.3 Å². The van der Waals surface area contributed by atoms with Gasteiger partial charge in [0.2, 0.25) is 5.91 Å². The van der Waals surface area contributed by atoms with E-state index in [-0.39, 0.29) is 12.3 Å². The van der Waals surface area contributed by atoms with E-state index >= 15 is 0 Å². The first-order valence-corrected chi connectivity index (χ1v) is 8.87. The zero-order valence-corrected chi connectivity index (χ0v) is 15.2. The largest absolute Gasteiger partial charge is 0.489 e. The number of nitrogens with two attached hydrogens (primary N) is 1. The van der Waals surface area contributed by atoms with Crippen molar-refractivity contribution in [3.05, 3.63) is 95.8 Å². The quantitative estimate of drug-likeness (QED) is 0.632. The van der Waals surface area contributed by atoms with E-state index in [9.17, 15) is 9.59 Å². The zero-order valence-electron chi connectivity index (χ0n) is 15.2. The van der Waals surface area contributed by atoms with Gasteiger partial charge in [0.1, 0.15) is 18.4 Å². The number of primary amides is 1. The molecule has 3 rings (SSSR count). The number of pyridine rings is 1. The van der Waals surface area contributed by atoms with Gasteiger partial charge in [-0.25, -0.2) is 0 Å². The van der Waals surface area contributed by atoms with Crippen molar-refractivity contribution in [2.75, 3.05) is 0 Å². The number of hydrogen-bond acceptors (Lipinski definition) is 4. The van der Waals surface area contributed by atoms with Crippen LogP contribution in [0.25, 0.3) is 0 Å². The van der Waals surface area contributed by atoms with Crippen molar-refractivity contribution in [3.8, 4) is 5.75 Å². The van der Waals surface area contributed by atoms with Crippen LogP contribution in [0.15, 0.2) is 79.1 Å². The molecule has 0 spiro atoms. The molecule has 0 saturated carbocycles. The van der Waals surface area contributed by atoms with Crippen LogP contribution in [0.3, 0.4) is 0 Å². The number of ether oxygens (including phenoxy) is 1.